The second kappa shape index (κ2) is 6.08. The van der Waals surface area contributed by atoms with Crippen LogP contribution in [-0.4, -0.2) is 16.5 Å². The topological polar surface area (TPSA) is 47.0 Å². The van der Waals surface area contributed by atoms with Crippen LogP contribution < -0.4 is 10.1 Å². The van der Waals surface area contributed by atoms with E-state index in [9.17, 15) is 8.78 Å². The molecule has 4 nitrogen and oxygen atoms in total. The zero-order valence-corrected chi connectivity index (χ0v) is 10.4. The van der Waals surface area contributed by atoms with E-state index in [1.165, 1.54) is 12.3 Å². The molecule has 0 aliphatic heterocycles. The monoisotopic (exact) mass is 265 g/mol. The van der Waals surface area contributed by atoms with Crippen molar-refractivity contribution in [3.63, 3.8) is 0 Å². The lowest BCUT2D eigenvalue weighted by molar-refractivity contribution is 0.270. The molecule has 19 heavy (non-hydrogen) atoms. The van der Waals surface area contributed by atoms with Crippen LogP contribution in [0.1, 0.15) is 12.6 Å². The first-order chi connectivity index (χ1) is 9.20. The molecule has 100 valence electrons. The summed E-state index contributed by atoms with van der Waals surface area (Å²) in [6.45, 7) is 2.64. The van der Waals surface area contributed by atoms with Crippen LogP contribution >= 0.6 is 0 Å². The van der Waals surface area contributed by atoms with E-state index in [0.29, 0.717) is 11.5 Å². The maximum atomic E-state index is 13.3. The maximum absolute atomic E-state index is 13.3. The molecule has 0 unspecified atom stereocenters. The summed E-state index contributed by atoms with van der Waals surface area (Å²) in [5.41, 5.74) is 0.490. The van der Waals surface area contributed by atoms with Gasteiger partial charge < -0.3 is 10.1 Å². The van der Waals surface area contributed by atoms with E-state index in [-0.39, 0.29) is 6.61 Å². The van der Waals surface area contributed by atoms with Gasteiger partial charge in [0.15, 0.2) is 17.4 Å². The van der Waals surface area contributed by atoms with Gasteiger partial charge in [0.05, 0.1) is 18.1 Å². The minimum Gasteiger partial charge on any atom is -0.481 e. The summed E-state index contributed by atoms with van der Waals surface area (Å²) in [5.74, 6) is -1.24. The third kappa shape index (κ3) is 3.37. The van der Waals surface area contributed by atoms with Crippen LogP contribution in [0.4, 0.5) is 14.6 Å². The molecule has 0 amide bonds. The summed E-state index contributed by atoms with van der Waals surface area (Å²) in [7, 11) is 0. The normalized spacial score (nSPS) is 10.3. The Morgan fingerprint density at radius 2 is 1.89 bits per heavy atom. The molecule has 0 fully saturated rings. The van der Waals surface area contributed by atoms with Crippen LogP contribution in [0.5, 0.6) is 5.75 Å². The van der Waals surface area contributed by atoms with Gasteiger partial charge in [-0.2, -0.15) is 0 Å². The van der Waals surface area contributed by atoms with Gasteiger partial charge >= 0.3 is 0 Å². The molecule has 0 aliphatic carbocycles. The van der Waals surface area contributed by atoms with Crippen LogP contribution in [0.15, 0.2) is 30.6 Å². The van der Waals surface area contributed by atoms with Crippen LogP contribution in [0.3, 0.4) is 0 Å². The van der Waals surface area contributed by atoms with E-state index in [1.807, 2.05) is 6.92 Å². The summed E-state index contributed by atoms with van der Waals surface area (Å²) in [6, 6.07) is 3.55. The van der Waals surface area contributed by atoms with Gasteiger partial charge in [0, 0.05) is 6.54 Å². The number of nitrogens with one attached hydrogen (secondary N) is 1. The molecule has 2 aromatic rings. The molecule has 1 aromatic heterocycles. The fraction of sp³-hybridized carbons (Fsp3) is 0.231. The van der Waals surface area contributed by atoms with Crippen LogP contribution in [-0.2, 0) is 6.61 Å². The van der Waals surface area contributed by atoms with E-state index in [1.54, 1.807) is 6.20 Å². The summed E-state index contributed by atoms with van der Waals surface area (Å²) >= 11 is 0. The van der Waals surface area contributed by atoms with Crippen molar-refractivity contribution in [2.45, 2.75) is 13.5 Å². The summed E-state index contributed by atoms with van der Waals surface area (Å²) < 4.78 is 31.7. The highest BCUT2D eigenvalue weighted by molar-refractivity contribution is 5.30. The van der Waals surface area contributed by atoms with Crippen molar-refractivity contribution >= 4 is 5.82 Å². The maximum Gasteiger partial charge on any atom is 0.191 e. The Morgan fingerprint density at radius 3 is 2.47 bits per heavy atom. The third-order valence-corrected chi connectivity index (χ3v) is 2.35. The minimum atomic E-state index is -0.739. The first kappa shape index (κ1) is 13.2. The van der Waals surface area contributed by atoms with Gasteiger partial charge in [0.2, 0.25) is 0 Å². The second-order valence-corrected chi connectivity index (χ2v) is 3.76. The number of hydrogen-bond acceptors (Lipinski definition) is 4. The Morgan fingerprint density at radius 1 is 1.16 bits per heavy atom. The van der Waals surface area contributed by atoms with Gasteiger partial charge in [-0.05, 0) is 19.1 Å². The largest absolute Gasteiger partial charge is 0.481 e. The molecule has 1 heterocycles. The van der Waals surface area contributed by atoms with E-state index in [4.69, 9.17) is 4.74 Å². The van der Waals surface area contributed by atoms with Crippen LogP contribution in [0, 0.1) is 11.6 Å². The van der Waals surface area contributed by atoms with Gasteiger partial charge in [0.1, 0.15) is 12.4 Å². The van der Waals surface area contributed by atoms with E-state index in [0.717, 1.165) is 18.7 Å². The predicted molar refractivity (Wildman–Crippen MR) is 66.9 cm³/mol. The highest BCUT2D eigenvalue weighted by Crippen LogP contribution is 2.21. The molecule has 0 bridgehead atoms. The molecule has 0 saturated carbocycles. The molecule has 0 spiro atoms. The van der Waals surface area contributed by atoms with Crippen molar-refractivity contribution in [2.75, 3.05) is 11.9 Å². The third-order valence-electron chi connectivity index (χ3n) is 2.35. The smallest absolute Gasteiger partial charge is 0.191 e. The molecule has 1 N–H and O–H groups in total. The predicted octanol–water partition coefficient (Wildman–Crippen LogP) is 2.77. The van der Waals surface area contributed by atoms with Crippen LogP contribution in [0.25, 0.3) is 0 Å². The van der Waals surface area contributed by atoms with Crippen molar-refractivity contribution in [3.05, 3.63) is 47.9 Å². The number of hydrogen-bond donors (Lipinski definition) is 1. The number of halogens is 2. The number of para-hydroxylation sites is 1. The second-order valence-electron chi connectivity index (χ2n) is 3.76. The fourth-order valence-corrected chi connectivity index (χ4v) is 1.47. The highest BCUT2D eigenvalue weighted by atomic mass is 19.1. The summed E-state index contributed by atoms with van der Waals surface area (Å²) in [5, 5.41) is 2.99. The molecule has 6 heteroatoms. The SMILES string of the molecule is CCNc1cnc(COc2c(F)cccc2F)cn1. The Labute approximate surface area is 109 Å². The molecule has 2 rings (SSSR count). The average molecular weight is 265 g/mol. The molecule has 1 aromatic carbocycles. The van der Waals surface area contributed by atoms with Crippen molar-refractivity contribution in [1.82, 2.24) is 9.97 Å². The van der Waals surface area contributed by atoms with E-state index in [2.05, 4.69) is 15.3 Å². The van der Waals surface area contributed by atoms with E-state index < -0.39 is 17.4 Å². The number of rotatable bonds is 5. The van der Waals surface area contributed by atoms with Crippen molar-refractivity contribution in [3.8, 4) is 5.75 Å². The molecule has 0 aliphatic rings. The number of ether oxygens (including phenoxy) is 1. The Kier molecular flexibility index (Phi) is 4.22. The standard InChI is InChI=1S/C13H13F2N3O/c1-2-16-12-7-17-9(6-18-12)8-19-13-10(14)4-3-5-11(13)15/h3-7H,2,8H2,1H3,(H,16,18). The van der Waals surface area contributed by atoms with Crippen molar-refractivity contribution in [1.29, 1.82) is 0 Å². The molecular weight excluding hydrogens is 252 g/mol. The molecule has 0 saturated heterocycles. The van der Waals surface area contributed by atoms with Gasteiger partial charge in [-0.15, -0.1) is 0 Å². The summed E-state index contributed by atoms with van der Waals surface area (Å²) in [4.78, 5) is 8.16. The first-order valence-electron chi connectivity index (χ1n) is 5.82. The fourth-order valence-electron chi connectivity index (χ4n) is 1.47. The first-order valence-corrected chi connectivity index (χ1v) is 5.82. The number of anilines is 1. The van der Waals surface area contributed by atoms with E-state index >= 15 is 0 Å². The number of nitrogens with zero attached hydrogens (tertiary/aromatic N) is 2. The zero-order valence-electron chi connectivity index (χ0n) is 10.4. The molecular formula is C13H13F2N3O. The average Bonchev–Trinajstić information content (AvgIpc) is 2.40. The van der Waals surface area contributed by atoms with Gasteiger partial charge in [-0.25, -0.2) is 13.8 Å². The number of aromatic nitrogens is 2. The Hall–Kier alpha value is -2.24. The molecule has 0 atom stereocenters. The highest BCUT2D eigenvalue weighted by Gasteiger charge is 2.10. The summed E-state index contributed by atoms with van der Waals surface area (Å²) in [6.07, 6.45) is 3.04. The quantitative estimate of drug-likeness (QED) is 0.903. The number of benzene rings is 1. The van der Waals surface area contributed by atoms with Gasteiger partial charge in [-0.3, -0.25) is 4.98 Å². The minimum absolute atomic E-state index is 0.0444. The van der Waals surface area contributed by atoms with Crippen LogP contribution in [0.2, 0.25) is 0 Å². The van der Waals surface area contributed by atoms with Crippen molar-refractivity contribution < 1.29 is 13.5 Å². The van der Waals surface area contributed by atoms with Gasteiger partial charge in [0.25, 0.3) is 0 Å². The Balaban J connectivity index is 2.02. The molecule has 0 radical (unpaired) electrons. The Bertz CT molecular complexity index is 526. The lowest BCUT2D eigenvalue weighted by Crippen LogP contribution is -2.04. The lowest BCUT2D eigenvalue weighted by Gasteiger charge is -2.08. The van der Waals surface area contributed by atoms with Crippen molar-refractivity contribution in [2.24, 2.45) is 0 Å². The van der Waals surface area contributed by atoms with Gasteiger partial charge in [-0.1, -0.05) is 6.07 Å². The lowest BCUT2D eigenvalue weighted by atomic mass is 10.3. The zero-order chi connectivity index (χ0) is 13.7.